The number of aliphatic imine (C=N–C) groups is 1. The van der Waals surface area contributed by atoms with Crippen LogP contribution in [0.1, 0.15) is 36.3 Å². The molecule has 0 N–H and O–H groups in total. The van der Waals surface area contributed by atoms with Gasteiger partial charge in [0.1, 0.15) is 12.4 Å². The maximum Gasteiger partial charge on any atom is 0.159 e. The van der Waals surface area contributed by atoms with Gasteiger partial charge in [-0.25, -0.2) is 0 Å². The molecule has 0 saturated heterocycles. The summed E-state index contributed by atoms with van der Waals surface area (Å²) in [6.45, 7) is 2.68. The van der Waals surface area contributed by atoms with E-state index in [0.29, 0.717) is 12.6 Å². The van der Waals surface area contributed by atoms with Crippen LogP contribution in [0, 0.1) is 0 Å². The van der Waals surface area contributed by atoms with Crippen molar-refractivity contribution in [3.05, 3.63) is 70.0 Å². The largest absolute Gasteiger partial charge is 0.306 e. The smallest absolute Gasteiger partial charge is 0.159 e. The summed E-state index contributed by atoms with van der Waals surface area (Å²) < 4.78 is 3.18. The van der Waals surface area contributed by atoms with Crippen LogP contribution in [0.4, 0.5) is 0 Å². The van der Waals surface area contributed by atoms with Crippen LogP contribution < -0.4 is 0 Å². The topological polar surface area (TPSA) is 59.2 Å². The van der Waals surface area contributed by atoms with Crippen LogP contribution in [0.5, 0.6) is 0 Å². The molecule has 1 unspecified atom stereocenters. The number of halogens is 1. The number of nitrogens with zero attached hydrogens (tertiary/aromatic N) is 6. The van der Waals surface area contributed by atoms with Gasteiger partial charge >= 0.3 is 0 Å². The fraction of sp³-hybridized carbons (Fsp3) is 0.333. The van der Waals surface area contributed by atoms with E-state index in [-0.39, 0.29) is 0 Å². The highest BCUT2D eigenvalue weighted by molar-refractivity contribution is 9.10. The van der Waals surface area contributed by atoms with E-state index < -0.39 is 0 Å². The molecule has 1 atom stereocenters. The molecule has 6 nitrogen and oxygen atoms in total. The second kappa shape index (κ2) is 7.93. The lowest BCUT2D eigenvalue weighted by molar-refractivity contribution is 0.280. The van der Waals surface area contributed by atoms with Crippen molar-refractivity contribution in [3.8, 4) is 5.69 Å². The van der Waals surface area contributed by atoms with Crippen LogP contribution in [0.15, 0.2) is 52.1 Å². The van der Waals surface area contributed by atoms with Crippen LogP contribution in [0.25, 0.3) is 5.69 Å². The van der Waals surface area contributed by atoms with Gasteiger partial charge in [0.05, 0.1) is 17.1 Å². The number of benzene rings is 1. The fourth-order valence-electron chi connectivity index (χ4n) is 3.62. The van der Waals surface area contributed by atoms with Crippen molar-refractivity contribution >= 4 is 21.6 Å². The molecule has 28 heavy (non-hydrogen) atoms. The molecule has 0 radical (unpaired) electrons. The normalized spacial score (nSPS) is 14.2. The van der Waals surface area contributed by atoms with Crippen molar-refractivity contribution < 1.29 is 0 Å². The van der Waals surface area contributed by atoms with Crippen molar-refractivity contribution in [2.45, 2.75) is 32.4 Å². The van der Waals surface area contributed by atoms with Crippen LogP contribution in [0.3, 0.4) is 0 Å². The van der Waals surface area contributed by atoms with Crippen molar-refractivity contribution in [1.29, 1.82) is 0 Å². The first-order valence-corrected chi connectivity index (χ1v) is 10.2. The zero-order chi connectivity index (χ0) is 19.7. The first-order valence-electron chi connectivity index (χ1n) is 9.44. The molecule has 0 saturated carbocycles. The molecular formula is C21H23BrN6. The Bertz CT molecular complexity index is 1010. The van der Waals surface area contributed by atoms with E-state index >= 15 is 0 Å². The van der Waals surface area contributed by atoms with Crippen molar-refractivity contribution in [1.82, 2.24) is 24.6 Å². The molecule has 0 amide bonds. The number of hydrogen-bond donors (Lipinski definition) is 0. The van der Waals surface area contributed by atoms with E-state index in [9.17, 15) is 0 Å². The maximum atomic E-state index is 4.86. The monoisotopic (exact) mass is 438 g/mol. The highest BCUT2D eigenvalue weighted by Gasteiger charge is 2.25. The Morgan fingerprint density at radius 1 is 1.18 bits per heavy atom. The summed E-state index contributed by atoms with van der Waals surface area (Å²) in [6.07, 6.45) is 3.69. The number of aromatic nitrogens is 4. The second-order valence-corrected chi connectivity index (χ2v) is 8.05. The molecule has 1 aromatic carbocycles. The molecular weight excluding hydrogens is 416 g/mol. The van der Waals surface area contributed by atoms with Gasteiger partial charge in [0.25, 0.3) is 0 Å². The number of likely N-dealkylation sites (N-methyl/N-ethyl adjacent to an activating group) is 1. The second-order valence-electron chi connectivity index (χ2n) is 7.14. The third-order valence-electron chi connectivity index (χ3n) is 5.16. The highest BCUT2D eigenvalue weighted by Crippen LogP contribution is 2.28. The third kappa shape index (κ3) is 3.52. The van der Waals surface area contributed by atoms with Crippen LogP contribution in [0.2, 0.25) is 0 Å². The zero-order valence-electron chi connectivity index (χ0n) is 16.3. The standard InChI is InChI=1S/C21H23BrN6/c1-4-15(27(2)3)12-19-25-26-20-13-24-21(17-7-5-6-10-23-17)16-11-14(22)8-9-18(16)28(19)20/h5-11,15H,4,12-13H2,1-3H3. The van der Waals surface area contributed by atoms with Crippen LogP contribution in [-0.4, -0.2) is 50.5 Å². The van der Waals surface area contributed by atoms with Gasteiger partial charge < -0.3 is 4.90 Å². The summed E-state index contributed by atoms with van der Waals surface area (Å²) in [4.78, 5) is 11.6. The van der Waals surface area contributed by atoms with Gasteiger partial charge in [0, 0.05) is 28.7 Å². The predicted octanol–water partition coefficient (Wildman–Crippen LogP) is 3.66. The van der Waals surface area contributed by atoms with E-state index in [1.54, 1.807) is 6.20 Å². The van der Waals surface area contributed by atoms with E-state index in [0.717, 1.165) is 51.6 Å². The molecule has 7 heteroatoms. The fourth-order valence-corrected chi connectivity index (χ4v) is 3.98. The Hall–Kier alpha value is -2.38. The summed E-state index contributed by atoms with van der Waals surface area (Å²) in [5.74, 6) is 1.83. The van der Waals surface area contributed by atoms with Gasteiger partial charge in [-0.1, -0.05) is 28.9 Å². The van der Waals surface area contributed by atoms with Gasteiger partial charge in [0.2, 0.25) is 0 Å². The lowest BCUT2D eigenvalue weighted by atomic mass is 10.0. The van der Waals surface area contributed by atoms with Crippen molar-refractivity contribution in [2.24, 2.45) is 4.99 Å². The molecule has 3 heterocycles. The predicted molar refractivity (Wildman–Crippen MR) is 114 cm³/mol. The van der Waals surface area contributed by atoms with Crippen molar-refractivity contribution in [2.75, 3.05) is 14.1 Å². The van der Waals surface area contributed by atoms with Crippen molar-refractivity contribution in [3.63, 3.8) is 0 Å². The quantitative estimate of drug-likeness (QED) is 0.609. The number of fused-ring (bicyclic) bond motifs is 3. The Labute approximate surface area is 173 Å². The average Bonchev–Trinajstić information content (AvgIpc) is 3.02. The molecule has 1 aliphatic heterocycles. The van der Waals surface area contributed by atoms with Gasteiger partial charge in [0.15, 0.2) is 5.82 Å². The molecule has 0 spiro atoms. The van der Waals surface area contributed by atoms with E-state index in [2.05, 4.69) is 79.8 Å². The first kappa shape index (κ1) is 19.0. The Balaban J connectivity index is 1.85. The minimum absolute atomic E-state index is 0.409. The number of pyridine rings is 1. The molecule has 4 rings (SSSR count). The average molecular weight is 439 g/mol. The zero-order valence-corrected chi connectivity index (χ0v) is 17.9. The molecule has 0 aliphatic carbocycles. The van der Waals surface area contributed by atoms with E-state index in [1.165, 1.54) is 0 Å². The highest BCUT2D eigenvalue weighted by atomic mass is 79.9. The minimum atomic E-state index is 0.409. The lowest BCUT2D eigenvalue weighted by Gasteiger charge is -2.23. The van der Waals surface area contributed by atoms with E-state index in [1.807, 2.05) is 18.2 Å². The summed E-state index contributed by atoms with van der Waals surface area (Å²) >= 11 is 3.61. The molecule has 0 bridgehead atoms. The molecule has 3 aromatic rings. The van der Waals surface area contributed by atoms with Crippen LogP contribution in [-0.2, 0) is 13.0 Å². The Kier molecular flexibility index (Phi) is 5.37. The third-order valence-corrected chi connectivity index (χ3v) is 5.65. The number of rotatable bonds is 5. The van der Waals surface area contributed by atoms with Gasteiger partial charge in [-0.2, -0.15) is 0 Å². The number of hydrogen-bond acceptors (Lipinski definition) is 5. The van der Waals surface area contributed by atoms with Gasteiger partial charge in [-0.3, -0.25) is 14.5 Å². The van der Waals surface area contributed by atoms with Gasteiger partial charge in [-0.05, 0) is 50.8 Å². The summed E-state index contributed by atoms with van der Waals surface area (Å²) in [6, 6.07) is 12.6. The lowest BCUT2D eigenvalue weighted by Crippen LogP contribution is -2.30. The summed E-state index contributed by atoms with van der Waals surface area (Å²) in [5.41, 5.74) is 3.83. The van der Waals surface area contributed by atoms with Crippen LogP contribution >= 0.6 is 15.9 Å². The summed E-state index contributed by atoms with van der Waals surface area (Å²) in [7, 11) is 4.22. The summed E-state index contributed by atoms with van der Waals surface area (Å²) in [5, 5.41) is 8.99. The van der Waals surface area contributed by atoms with Gasteiger partial charge in [-0.15, -0.1) is 10.2 Å². The Morgan fingerprint density at radius 3 is 2.75 bits per heavy atom. The van der Waals surface area contributed by atoms with E-state index in [4.69, 9.17) is 4.99 Å². The Morgan fingerprint density at radius 2 is 2.04 bits per heavy atom. The first-order chi connectivity index (χ1) is 13.6. The minimum Gasteiger partial charge on any atom is -0.306 e. The molecule has 0 fully saturated rings. The molecule has 2 aromatic heterocycles. The SMILES string of the molecule is CCC(Cc1nnc2n1-c1ccc(Br)cc1C(c1ccccn1)=NC2)N(C)C. The maximum absolute atomic E-state index is 4.86. The molecule has 144 valence electrons. The molecule has 1 aliphatic rings.